The van der Waals surface area contributed by atoms with Gasteiger partial charge in [-0.25, -0.2) is 8.42 Å². The number of halogens is 3. The van der Waals surface area contributed by atoms with E-state index in [9.17, 15) is 21.6 Å². The molecule has 3 aromatic carbocycles. The second kappa shape index (κ2) is 7.56. The standard InChI is InChI=1S/C19H17F3N2O2S2/c1-24(2)17-10-4-9-16-15(17)8-5-11-18(16)28(25,26)23-13-6-3-7-14(12-13)27-19(20,21)22/h3-12,23H,1-2H3. The molecule has 148 valence electrons. The first kappa shape index (κ1) is 20.3. The van der Waals surface area contributed by atoms with E-state index in [0.717, 1.165) is 17.1 Å². The van der Waals surface area contributed by atoms with Gasteiger partial charge in [0, 0.05) is 41.1 Å². The Hall–Kier alpha value is -2.39. The molecular formula is C19H17F3N2O2S2. The number of anilines is 2. The quantitative estimate of drug-likeness (QED) is 0.561. The third-order valence-electron chi connectivity index (χ3n) is 3.95. The summed E-state index contributed by atoms with van der Waals surface area (Å²) in [4.78, 5) is 1.84. The lowest BCUT2D eigenvalue weighted by molar-refractivity contribution is -0.0328. The van der Waals surface area contributed by atoms with E-state index < -0.39 is 15.5 Å². The number of hydrogen-bond acceptors (Lipinski definition) is 4. The van der Waals surface area contributed by atoms with Crippen LogP contribution in [0, 0.1) is 0 Å². The Bertz CT molecular complexity index is 1110. The minimum Gasteiger partial charge on any atom is -0.377 e. The van der Waals surface area contributed by atoms with Crippen LogP contribution < -0.4 is 9.62 Å². The molecule has 0 heterocycles. The lowest BCUT2D eigenvalue weighted by Crippen LogP contribution is -2.14. The van der Waals surface area contributed by atoms with Crippen LogP contribution in [0.25, 0.3) is 10.8 Å². The smallest absolute Gasteiger partial charge is 0.377 e. The summed E-state index contributed by atoms with van der Waals surface area (Å²) >= 11 is -0.296. The molecule has 0 radical (unpaired) electrons. The number of thioether (sulfide) groups is 1. The van der Waals surface area contributed by atoms with Gasteiger partial charge in [-0.15, -0.1) is 0 Å². The highest BCUT2D eigenvalue weighted by Gasteiger charge is 2.29. The summed E-state index contributed by atoms with van der Waals surface area (Å²) < 4.78 is 66.0. The molecule has 0 aliphatic heterocycles. The molecule has 0 atom stereocenters. The van der Waals surface area contributed by atoms with Gasteiger partial charge in [0.25, 0.3) is 10.0 Å². The highest BCUT2D eigenvalue weighted by atomic mass is 32.2. The molecule has 0 fully saturated rings. The maximum atomic E-state index is 12.9. The minimum atomic E-state index is -4.45. The van der Waals surface area contributed by atoms with Crippen molar-refractivity contribution in [1.29, 1.82) is 0 Å². The first-order valence-corrected chi connectivity index (χ1v) is 10.4. The Morgan fingerprint density at radius 2 is 1.57 bits per heavy atom. The fourth-order valence-electron chi connectivity index (χ4n) is 2.86. The molecule has 0 aliphatic rings. The van der Waals surface area contributed by atoms with E-state index in [2.05, 4.69) is 4.72 Å². The van der Waals surface area contributed by atoms with Gasteiger partial charge in [-0.05, 0) is 42.1 Å². The molecule has 4 nitrogen and oxygen atoms in total. The van der Waals surface area contributed by atoms with Crippen LogP contribution >= 0.6 is 11.8 Å². The van der Waals surface area contributed by atoms with Crippen molar-refractivity contribution >= 4 is 43.9 Å². The molecule has 0 spiro atoms. The summed E-state index contributed by atoms with van der Waals surface area (Å²) in [5.74, 6) is 0. The zero-order valence-electron chi connectivity index (χ0n) is 15.0. The number of nitrogens with one attached hydrogen (secondary N) is 1. The molecule has 3 aromatic rings. The van der Waals surface area contributed by atoms with Gasteiger partial charge in [0.1, 0.15) is 0 Å². The number of hydrogen-bond donors (Lipinski definition) is 1. The molecule has 28 heavy (non-hydrogen) atoms. The Morgan fingerprint density at radius 1 is 0.929 bits per heavy atom. The lowest BCUT2D eigenvalue weighted by Gasteiger charge is -2.17. The molecule has 0 saturated carbocycles. The van der Waals surface area contributed by atoms with Gasteiger partial charge in [0.05, 0.1) is 4.90 Å². The second-order valence-electron chi connectivity index (χ2n) is 6.20. The Labute approximate surface area is 165 Å². The van der Waals surface area contributed by atoms with E-state index >= 15 is 0 Å². The SMILES string of the molecule is CN(C)c1cccc2c(S(=O)(=O)Nc3cccc(SC(F)(F)F)c3)cccc12. The zero-order chi connectivity index (χ0) is 20.5. The van der Waals surface area contributed by atoms with Crippen molar-refractivity contribution in [3.8, 4) is 0 Å². The Balaban J connectivity index is 2.01. The van der Waals surface area contributed by atoms with E-state index in [-0.39, 0.29) is 27.2 Å². The molecule has 0 aliphatic carbocycles. The van der Waals surface area contributed by atoms with Crippen LogP contribution in [0.15, 0.2) is 70.5 Å². The van der Waals surface area contributed by atoms with Gasteiger partial charge in [-0.1, -0.05) is 30.3 Å². The van der Waals surface area contributed by atoms with Crippen molar-refractivity contribution in [2.45, 2.75) is 15.3 Å². The Morgan fingerprint density at radius 3 is 2.25 bits per heavy atom. The van der Waals surface area contributed by atoms with Crippen LogP contribution in [0.1, 0.15) is 0 Å². The summed E-state index contributed by atoms with van der Waals surface area (Å²) in [6.45, 7) is 0. The van der Waals surface area contributed by atoms with Crippen molar-refractivity contribution < 1.29 is 21.6 Å². The van der Waals surface area contributed by atoms with Gasteiger partial charge in [0.2, 0.25) is 0 Å². The third kappa shape index (κ3) is 4.53. The summed E-state index contributed by atoms with van der Waals surface area (Å²) in [5, 5.41) is 1.29. The number of rotatable bonds is 5. The van der Waals surface area contributed by atoms with Crippen molar-refractivity contribution in [2.24, 2.45) is 0 Å². The average molecular weight is 426 g/mol. The fraction of sp³-hybridized carbons (Fsp3) is 0.158. The first-order chi connectivity index (χ1) is 13.1. The van der Waals surface area contributed by atoms with Gasteiger partial charge < -0.3 is 4.90 Å². The molecular weight excluding hydrogens is 409 g/mol. The molecule has 0 unspecified atom stereocenters. The van der Waals surface area contributed by atoms with Gasteiger partial charge >= 0.3 is 5.51 Å². The second-order valence-corrected chi connectivity index (χ2v) is 8.99. The molecule has 0 aromatic heterocycles. The number of nitrogens with zero attached hydrogens (tertiary/aromatic N) is 1. The number of sulfonamides is 1. The van der Waals surface area contributed by atoms with Gasteiger partial charge in [-0.3, -0.25) is 4.72 Å². The number of benzene rings is 3. The first-order valence-electron chi connectivity index (χ1n) is 8.14. The average Bonchev–Trinajstić information content (AvgIpc) is 2.59. The summed E-state index contributed by atoms with van der Waals surface area (Å²) in [7, 11) is -0.284. The van der Waals surface area contributed by atoms with Crippen LogP contribution in [0.5, 0.6) is 0 Å². The summed E-state index contributed by atoms with van der Waals surface area (Å²) in [5.41, 5.74) is -3.52. The highest BCUT2D eigenvalue weighted by Crippen LogP contribution is 2.38. The summed E-state index contributed by atoms with van der Waals surface area (Å²) in [6.07, 6.45) is 0. The van der Waals surface area contributed by atoms with Crippen LogP contribution in [-0.4, -0.2) is 28.0 Å². The minimum absolute atomic E-state index is 0.0579. The predicted octanol–water partition coefficient (Wildman–Crippen LogP) is 5.32. The third-order valence-corrected chi connectivity index (χ3v) is 6.11. The van der Waals surface area contributed by atoms with Crippen LogP contribution in [0.2, 0.25) is 0 Å². The molecule has 0 amide bonds. The maximum Gasteiger partial charge on any atom is 0.446 e. The molecule has 0 bridgehead atoms. The normalized spacial score (nSPS) is 12.2. The molecule has 1 N–H and O–H groups in total. The van der Waals surface area contributed by atoms with Crippen LogP contribution in [0.4, 0.5) is 24.5 Å². The molecule has 0 saturated heterocycles. The van der Waals surface area contributed by atoms with Crippen molar-refractivity contribution in [2.75, 3.05) is 23.7 Å². The van der Waals surface area contributed by atoms with E-state index in [0.29, 0.717) is 5.39 Å². The predicted molar refractivity (Wildman–Crippen MR) is 107 cm³/mol. The fourth-order valence-corrected chi connectivity index (χ4v) is 4.73. The van der Waals surface area contributed by atoms with E-state index in [4.69, 9.17) is 0 Å². The molecule has 3 rings (SSSR count). The van der Waals surface area contributed by atoms with Crippen LogP contribution in [0.3, 0.4) is 0 Å². The van der Waals surface area contributed by atoms with Gasteiger partial charge in [-0.2, -0.15) is 13.2 Å². The lowest BCUT2D eigenvalue weighted by atomic mass is 10.1. The Kier molecular flexibility index (Phi) is 5.49. The zero-order valence-corrected chi connectivity index (χ0v) is 16.6. The van der Waals surface area contributed by atoms with Crippen LogP contribution in [-0.2, 0) is 10.0 Å². The molecule has 9 heteroatoms. The van der Waals surface area contributed by atoms with Gasteiger partial charge in [0.15, 0.2) is 0 Å². The van der Waals surface area contributed by atoms with E-state index in [1.165, 1.54) is 24.3 Å². The topological polar surface area (TPSA) is 49.4 Å². The number of fused-ring (bicyclic) bond motifs is 1. The van der Waals surface area contributed by atoms with Crippen molar-refractivity contribution in [3.05, 3.63) is 60.7 Å². The van der Waals surface area contributed by atoms with Crippen molar-refractivity contribution in [3.63, 3.8) is 0 Å². The number of alkyl halides is 3. The monoisotopic (exact) mass is 426 g/mol. The van der Waals surface area contributed by atoms with E-state index in [1.54, 1.807) is 18.2 Å². The largest absolute Gasteiger partial charge is 0.446 e. The maximum absolute atomic E-state index is 12.9. The van der Waals surface area contributed by atoms with E-state index in [1.807, 2.05) is 31.1 Å². The summed E-state index contributed by atoms with van der Waals surface area (Å²) in [6, 6.07) is 15.5. The highest BCUT2D eigenvalue weighted by molar-refractivity contribution is 8.00. The van der Waals surface area contributed by atoms with Crippen molar-refractivity contribution in [1.82, 2.24) is 0 Å².